The van der Waals surface area contributed by atoms with Crippen LogP contribution in [-0.2, 0) is 0 Å². The standard InChI is InChI=1S/C19H38/c1-17(2,3)15-13-11-10-12-14(15)16(18(4,5)6)19(7,8)9/h14-16H,10-13H2,1-9H3. The van der Waals surface area contributed by atoms with Gasteiger partial charge in [-0.25, -0.2) is 0 Å². The zero-order valence-corrected chi connectivity index (χ0v) is 15.1. The summed E-state index contributed by atoms with van der Waals surface area (Å²) in [6.45, 7) is 22.1. The first-order valence-electron chi connectivity index (χ1n) is 8.35. The van der Waals surface area contributed by atoms with E-state index in [4.69, 9.17) is 0 Å². The molecule has 0 amide bonds. The minimum Gasteiger partial charge on any atom is -0.0599 e. The fourth-order valence-corrected chi connectivity index (χ4v) is 5.22. The van der Waals surface area contributed by atoms with Crippen molar-refractivity contribution in [3.8, 4) is 0 Å². The van der Waals surface area contributed by atoms with Crippen LogP contribution >= 0.6 is 0 Å². The lowest BCUT2D eigenvalue weighted by Gasteiger charge is -2.53. The third-order valence-electron chi connectivity index (χ3n) is 5.23. The van der Waals surface area contributed by atoms with Crippen LogP contribution in [0, 0.1) is 34.0 Å². The second kappa shape index (κ2) is 5.41. The van der Waals surface area contributed by atoms with E-state index in [1.807, 2.05) is 0 Å². The third-order valence-corrected chi connectivity index (χ3v) is 5.23. The number of rotatable bonds is 1. The smallest absolute Gasteiger partial charge is 0.0285 e. The molecule has 2 unspecified atom stereocenters. The van der Waals surface area contributed by atoms with E-state index in [2.05, 4.69) is 62.3 Å². The van der Waals surface area contributed by atoms with Gasteiger partial charge in [-0.3, -0.25) is 0 Å². The van der Waals surface area contributed by atoms with Gasteiger partial charge in [0.1, 0.15) is 0 Å². The van der Waals surface area contributed by atoms with Gasteiger partial charge in [-0.1, -0.05) is 75.2 Å². The molecule has 0 spiro atoms. The van der Waals surface area contributed by atoms with Gasteiger partial charge in [0.05, 0.1) is 0 Å². The van der Waals surface area contributed by atoms with Crippen molar-refractivity contribution < 1.29 is 0 Å². The summed E-state index contributed by atoms with van der Waals surface area (Å²) in [5, 5.41) is 0. The molecular formula is C19H38. The van der Waals surface area contributed by atoms with Crippen molar-refractivity contribution in [3.05, 3.63) is 0 Å². The minimum absolute atomic E-state index is 0.407. The zero-order valence-electron chi connectivity index (χ0n) is 15.1. The summed E-state index contributed by atoms with van der Waals surface area (Å²) in [4.78, 5) is 0. The van der Waals surface area contributed by atoms with E-state index in [0.29, 0.717) is 16.2 Å². The summed E-state index contributed by atoms with van der Waals surface area (Å²) in [6, 6.07) is 0. The van der Waals surface area contributed by atoms with Crippen LogP contribution in [0.5, 0.6) is 0 Å². The van der Waals surface area contributed by atoms with Gasteiger partial charge in [0.25, 0.3) is 0 Å². The van der Waals surface area contributed by atoms with Crippen molar-refractivity contribution >= 4 is 0 Å². The van der Waals surface area contributed by atoms with Gasteiger partial charge >= 0.3 is 0 Å². The summed E-state index contributed by atoms with van der Waals surface area (Å²) >= 11 is 0. The molecule has 0 aromatic heterocycles. The van der Waals surface area contributed by atoms with Gasteiger partial charge < -0.3 is 0 Å². The average molecular weight is 267 g/mol. The Morgan fingerprint density at radius 1 is 0.684 bits per heavy atom. The second-order valence-corrected chi connectivity index (χ2v) is 10.1. The lowest BCUT2D eigenvalue weighted by atomic mass is 9.52. The quantitative estimate of drug-likeness (QED) is 0.505. The molecule has 1 saturated carbocycles. The monoisotopic (exact) mass is 266 g/mol. The van der Waals surface area contributed by atoms with Crippen LogP contribution in [-0.4, -0.2) is 0 Å². The SMILES string of the molecule is CC(C)(C)C1CCCCC1C(C(C)(C)C)C(C)(C)C. The maximum absolute atomic E-state index is 2.46. The lowest BCUT2D eigenvalue weighted by Crippen LogP contribution is -2.45. The molecule has 1 aliphatic rings. The molecular weight excluding hydrogens is 228 g/mol. The molecule has 1 aliphatic carbocycles. The maximum Gasteiger partial charge on any atom is -0.0285 e. The Hall–Kier alpha value is 0. The maximum atomic E-state index is 2.46. The van der Waals surface area contributed by atoms with Crippen LogP contribution in [0.3, 0.4) is 0 Å². The second-order valence-electron chi connectivity index (χ2n) is 10.1. The van der Waals surface area contributed by atoms with E-state index in [1.165, 1.54) is 25.7 Å². The van der Waals surface area contributed by atoms with Gasteiger partial charge in [-0.15, -0.1) is 0 Å². The Labute approximate surface area is 122 Å². The third kappa shape index (κ3) is 4.23. The molecule has 19 heavy (non-hydrogen) atoms. The minimum atomic E-state index is 0.407. The largest absolute Gasteiger partial charge is 0.0599 e. The van der Waals surface area contributed by atoms with E-state index in [1.54, 1.807) is 0 Å². The van der Waals surface area contributed by atoms with Crippen molar-refractivity contribution in [1.82, 2.24) is 0 Å². The Morgan fingerprint density at radius 3 is 1.47 bits per heavy atom. The first kappa shape index (κ1) is 17.1. The highest BCUT2D eigenvalue weighted by molar-refractivity contribution is 4.95. The van der Waals surface area contributed by atoms with E-state index in [9.17, 15) is 0 Å². The van der Waals surface area contributed by atoms with Gasteiger partial charge in [0.15, 0.2) is 0 Å². The van der Waals surface area contributed by atoms with Crippen LogP contribution in [0.15, 0.2) is 0 Å². The molecule has 0 bridgehead atoms. The van der Waals surface area contributed by atoms with Gasteiger partial charge in [0, 0.05) is 0 Å². The summed E-state index contributed by atoms with van der Waals surface area (Å²) in [6.07, 6.45) is 5.78. The molecule has 0 aromatic rings. The first-order valence-corrected chi connectivity index (χ1v) is 8.35. The highest BCUT2D eigenvalue weighted by Crippen LogP contribution is 2.54. The lowest BCUT2D eigenvalue weighted by molar-refractivity contribution is -0.0360. The molecule has 0 aromatic carbocycles. The summed E-state index contributed by atoms with van der Waals surface area (Å²) in [7, 11) is 0. The van der Waals surface area contributed by atoms with Crippen molar-refractivity contribution in [3.63, 3.8) is 0 Å². The molecule has 0 heterocycles. The van der Waals surface area contributed by atoms with E-state index in [0.717, 1.165) is 17.8 Å². The van der Waals surface area contributed by atoms with Crippen LogP contribution in [0.25, 0.3) is 0 Å². The zero-order chi connectivity index (χ0) is 15.1. The van der Waals surface area contributed by atoms with E-state index < -0.39 is 0 Å². The van der Waals surface area contributed by atoms with Crippen LogP contribution in [0.4, 0.5) is 0 Å². The molecule has 2 atom stereocenters. The van der Waals surface area contributed by atoms with Crippen LogP contribution in [0.1, 0.15) is 88.0 Å². The Balaban J connectivity index is 3.12. The predicted molar refractivity (Wildman–Crippen MR) is 87.3 cm³/mol. The number of hydrogen-bond acceptors (Lipinski definition) is 0. The van der Waals surface area contributed by atoms with Gasteiger partial charge in [-0.05, 0) is 46.8 Å². The average Bonchev–Trinajstić information content (AvgIpc) is 2.11. The van der Waals surface area contributed by atoms with Crippen LogP contribution in [0.2, 0.25) is 0 Å². The fraction of sp³-hybridized carbons (Fsp3) is 1.00. The Bertz CT molecular complexity index is 265. The molecule has 0 N–H and O–H groups in total. The molecule has 0 saturated heterocycles. The molecule has 0 radical (unpaired) electrons. The van der Waals surface area contributed by atoms with Crippen molar-refractivity contribution in [2.45, 2.75) is 88.0 Å². The normalized spacial score (nSPS) is 26.8. The van der Waals surface area contributed by atoms with Crippen molar-refractivity contribution in [1.29, 1.82) is 0 Å². The summed E-state index contributed by atoms with van der Waals surface area (Å²) in [5.74, 6) is 2.60. The highest BCUT2D eigenvalue weighted by atomic mass is 14.5. The fourth-order valence-electron chi connectivity index (χ4n) is 5.22. The van der Waals surface area contributed by atoms with E-state index >= 15 is 0 Å². The van der Waals surface area contributed by atoms with Crippen LogP contribution < -0.4 is 0 Å². The molecule has 0 aliphatic heterocycles. The summed E-state index contributed by atoms with van der Waals surface area (Å²) in [5.41, 5.74) is 1.27. The first-order chi connectivity index (χ1) is 8.35. The van der Waals surface area contributed by atoms with Gasteiger partial charge in [-0.2, -0.15) is 0 Å². The Morgan fingerprint density at radius 2 is 1.11 bits per heavy atom. The summed E-state index contributed by atoms with van der Waals surface area (Å²) < 4.78 is 0. The topological polar surface area (TPSA) is 0 Å². The van der Waals surface area contributed by atoms with E-state index in [-0.39, 0.29) is 0 Å². The number of hydrogen-bond donors (Lipinski definition) is 0. The molecule has 1 fully saturated rings. The molecule has 0 nitrogen and oxygen atoms in total. The predicted octanol–water partition coefficient (Wildman–Crippen LogP) is 6.55. The van der Waals surface area contributed by atoms with Crippen molar-refractivity contribution in [2.75, 3.05) is 0 Å². The molecule has 1 rings (SSSR count). The van der Waals surface area contributed by atoms with Gasteiger partial charge in [0.2, 0.25) is 0 Å². The van der Waals surface area contributed by atoms with Crippen molar-refractivity contribution in [2.24, 2.45) is 34.0 Å². The molecule has 114 valence electrons. The molecule has 0 heteroatoms. The highest BCUT2D eigenvalue weighted by Gasteiger charge is 2.46. The Kier molecular flexibility index (Phi) is 4.86.